The maximum atomic E-state index is 5.52. The van der Waals surface area contributed by atoms with Crippen molar-refractivity contribution < 1.29 is 24.0 Å². The van der Waals surface area contributed by atoms with Gasteiger partial charge in [-0.25, -0.2) is 0 Å². The van der Waals surface area contributed by atoms with Gasteiger partial charge in [-0.15, -0.1) is 0 Å². The van der Waals surface area contributed by atoms with Crippen LogP contribution in [-0.4, -0.2) is 33.9 Å². The summed E-state index contributed by atoms with van der Waals surface area (Å²) in [5.41, 5.74) is 2.50. The molecule has 1 aromatic carbocycles. The van der Waals surface area contributed by atoms with E-state index in [0.717, 1.165) is 37.3 Å². The first-order valence-corrected chi connectivity index (χ1v) is 11.8. The summed E-state index contributed by atoms with van der Waals surface area (Å²) in [7, 11) is 3.53. The van der Waals surface area contributed by atoms with E-state index in [1.54, 1.807) is 14.2 Å². The third kappa shape index (κ3) is 7.18. The normalized spacial score (nSPS) is 11.6. The van der Waals surface area contributed by atoms with Gasteiger partial charge in [0.1, 0.15) is 0 Å². The van der Waals surface area contributed by atoms with Crippen LogP contribution in [0.25, 0.3) is 6.08 Å². The monoisotopic (exact) mass is 342 g/mol. The van der Waals surface area contributed by atoms with E-state index < -0.39 is 17.4 Å². The second-order valence-electron chi connectivity index (χ2n) is 5.48. The first kappa shape index (κ1) is 19.6. The van der Waals surface area contributed by atoms with E-state index in [1.807, 2.05) is 12.1 Å². The Hall–Kier alpha value is -0.486. The number of benzene rings is 1. The Morgan fingerprint density at radius 3 is 2.45 bits per heavy atom. The quantitative estimate of drug-likeness (QED) is 0.452. The predicted molar refractivity (Wildman–Crippen MR) is 90.4 cm³/mol. The maximum absolute atomic E-state index is 5.52. The van der Waals surface area contributed by atoms with Gasteiger partial charge in [-0.1, -0.05) is 0 Å². The van der Waals surface area contributed by atoms with E-state index in [4.69, 9.17) is 6.64 Å². The van der Waals surface area contributed by atoms with Crippen molar-refractivity contribution in [2.45, 2.75) is 22.9 Å². The van der Waals surface area contributed by atoms with Crippen molar-refractivity contribution >= 4 is 6.08 Å². The Morgan fingerprint density at radius 2 is 1.77 bits per heavy atom. The first-order chi connectivity index (χ1) is 10.6. The van der Waals surface area contributed by atoms with Crippen LogP contribution >= 0.6 is 0 Å². The molecule has 0 saturated carbocycles. The minimum atomic E-state index is -2.39. The average molecular weight is 342 g/mol. The summed E-state index contributed by atoms with van der Waals surface area (Å²) >= 11 is -2.39. The fraction of sp³-hybridized carbons (Fsp3) is 0.529. The molecule has 5 heteroatoms. The summed E-state index contributed by atoms with van der Waals surface area (Å²) in [5, 5.41) is 9.07. The van der Waals surface area contributed by atoms with E-state index in [0.29, 0.717) is 0 Å². The van der Waals surface area contributed by atoms with Crippen LogP contribution in [0.3, 0.4) is 0 Å². The number of hydrogen-bond acceptors (Lipinski definition) is 4. The summed E-state index contributed by atoms with van der Waals surface area (Å²) in [5.74, 6) is 0. The van der Waals surface area contributed by atoms with Gasteiger partial charge in [0, 0.05) is 0 Å². The molecule has 22 heavy (non-hydrogen) atoms. The fourth-order valence-corrected chi connectivity index (χ4v) is 4.42. The van der Waals surface area contributed by atoms with Crippen LogP contribution in [0.1, 0.15) is 17.5 Å². The second kappa shape index (κ2) is 11.1. The van der Waals surface area contributed by atoms with Crippen molar-refractivity contribution in [3.05, 3.63) is 42.0 Å². The Bertz CT molecular complexity index is 436. The summed E-state index contributed by atoms with van der Waals surface area (Å²) in [6.07, 6.45) is 3.01. The molecule has 0 unspecified atom stereocenters. The standard InChI is InChI=1S/C14H21N2.2CH3O.CH3.Ti/c1-3-9-15-10-11-16-12-14-8-6-5-7-13(14)4-2;2*1-2;;/h4-8,15-16H,1-3,9-12H2;2*1H3;1H3;/q;2*-1;;+2. The molecule has 0 aromatic heterocycles. The zero-order valence-electron chi connectivity index (χ0n) is 14.2. The molecule has 0 radical (unpaired) electrons. The van der Waals surface area contributed by atoms with Crippen molar-refractivity contribution in [1.82, 2.24) is 10.6 Å². The second-order valence-corrected chi connectivity index (χ2v) is 11.1. The molecule has 4 nitrogen and oxygen atoms in total. The number of hydrogen-bond donors (Lipinski definition) is 2. The zero-order valence-corrected chi connectivity index (χ0v) is 15.7. The molecular formula is C17H30N2O2Ti. The molecule has 1 aromatic rings. The molecular weight excluding hydrogens is 312 g/mol. The third-order valence-electron chi connectivity index (χ3n) is 3.92. The molecule has 0 spiro atoms. The molecule has 0 heterocycles. The van der Waals surface area contributed by atoms with Gasteiger partial charge in [0.05, 0.1) is 0 Å². The van der Waals surface area contributed by atoms with Gasteiger partial charge >= 0.3 is 139 Å². The molecule has 2 N–H and O–H groups in total. The van der Waals surface area contributed by atoms with Crippen LogP contribution in [0.4, 0.5) is 0 Å². The molecule has 0 fully saturated rings. The van der Waals surface area contributed by atoms with Gasteiger partial charge in [-0.2, -0.15) is 0 Å². The molecule has 0 aliphatic heterocycles. The molecule has 0 amide bonds. The van der Waals surface area contributed by atoms with Gasteiger partial charge in [0.15, 0.2) is 0 Å². The van der Waals surface area contributed by atoms with Crippen LogP contribution in [0.2, 0.25) is 9.95 Å². The SMILES string of the molecule is C=Cc1ccccc1CNCCNCC[CH2][Ti]([CH3])([O]C)[O]C. The van der Waals surface area contributed by atoms with Gasteiger partial charge in [0.2, 0.25) is 0 Å². The van der Waals surface area contributed by atoms with E-state index >= 15 is 0 Å². The van der Waals surface area contributed by atoms with Crippen LogP contribution in [0, 0.1) is 0 Å². The molecule has 0 atom stereocenters. The average Bonchev–Trinajstić information content (AvgIpc) is 2.57. The van der Waals surface area contributed by atoms with Crippen molar-refractivity contribution in [2.75, 3.05) is 33.9 Å². The molecule has 124 valence electrons. The summed E-state index contributed by atoms with van der Waals surface area (Å²) in [6.45, 7) is 7.67. The van der Waals surface area contributed by atoms with E-state index in [1.165, 1.54) is 11.1 Å². The van der Waals surface area contributed by atoms with Crippen LogP contribution in [0.5, 0.6) is 0 Å². The van der Waals surface area contributed by atoms with Gasteiger partial charge in [0.25, 0.3) is 0 Å². The zero-order chi connectivity index (χ0) is 16.3. The number of rotatable bonds is 12. The Balaban J connectivity index is 2.08. The van der Waals surface area contributed by atoms with Gasteiger partial charge < -0.3 is 0 Å². The van der Waals surface area contributed by atoms with Crippen molar-refractivity contribution in [3.8, 4) is 0 Å². The van der Waals surface area contributed by atoms with Crippen LogP contribution in [-0.2, 0) is 30.5 Å². The van der Waals surface area contributed by atoms with E-state index in [-0.39, 0.29) is 0 Å². The summed E-state index contributed by atoms with van der Waals surface area (Å²) < 4.78 is 12.1. The summed E-state index contributed by atoms with van der Waals surface area (Å²) in [6, 6.07) is 8.34. The first-order valence-electron chi connectivity index (χ1n) is 7.87. The molecule has 0 aliphatic rings. The van der Waals surface area contributed by atoms with Gasteiger partial charge in [-0.3, -0.25) is 0 Å². The fourth-order valence-electron chi connectivity index (χ4n) is 2.24. The van der Waals surface area contributed by atoms with E-state index in [9.17, 15) is 0 Å². The Morgan fingerprint density at radius 1 is 1.09 bits per heavy atom. The van der Waals surface area contributed by atoms with Crippen LogP contribution in [0.15, 0.2) is 30.8 Å². The van der Waals surface area contributed by atoms with E-state index in [2.05, 4.69) is 40.6 Å². The number of nitrogens with one attached hydrogen (secondary N) is 2. The molecule has 0 aliphatic carbocycles. The van der Waals surface area contributed by atoms with Crippen molar-refractivity contribution in [2.24, 2.45) is 0 Å². The Labute approximate surface area is 139 Å². The molecule has 0 bridgehead atoms. The Kier molecular flexibility index (Phi) is 9.88. The van der Waals surface area contributed by atoms with Gasteiger partial charge in [-0.05, 0) is 0 Å². The topological polar surface area (TPSA) is 42.5 Å². The van der Waals surface area contributed by atoms with Crippen LogP contribution < -0.4 is 10.6 Å². The minimum absolute atomic E-state index is 0.880. The molecule has 1 rings (SSSR count). The molecule has 0 saturated heterocycles. The predicted octanol–water partition coefficient (Wildman–Crippen LogP) is 3.14. The van der Waals surface area contributed by atoms with Crippen molar-refractivity contribution in [1.29, 1.82) is 0 Å². The summed E-state index contributed by atoms with van der Waals surface area (Å²) in [4.78, 5) is 0. The third-order valence-corrected chi connectivity index (χ3v) is 8.58. The van der Waals surface area contributed by atoms with Crippen molar-refractivity contribution in [3.63, 3.8) is 0 Å².